The molecule has 2 atom stereocenters. The molecule has 1 unspecified atom stereocenters. The number of nitrogens with one attached hydrogen (secondary N) is 2. The number of fused-ring (bicyclic) bond motifs is 1. The van der Waals surface area contributed by atoms with Gasteiger partial charge in [0.1, 0.15) is 6.54 Å². The summed E-state index contributed by atoms with van der Waals surface area (Å²) >= 11 is 0. The zero-order valence-corrected chi connectivity index (χ0v) is 14.3. The first kappa shape index (κ1) is 16.3. The van der Waals surface area contributed by atoms with Crippen LogP contribution in [0.5, 0.6) is 11.5 Å². The normalized spacial score (nSPS) is 15.0. The van der Waals surface area contributed by atoms with E-state index in [0.29, 0.717) is 11.5 Å². The number of ether oxygens (including phenoxy) is 2. The number of anilines is 1. The van der Waals surface area contributed by atoms with E-state index < -0.39 is 0 Å². The maximum Gasteiger partial charge on any atom is 0.282 e. The van der Waals surface area contributed by atoms with Crippen molar-refractivity contribution in [2.45, 2.75) is 26.4 Å². The van der Waals surface area contributed by atoms with Crippen LogP contribution in [0, 0.1) is 6.92 Å². The lowest BCUT2D eigenvalue weighted by atomic mass is 10.1. The average molecular weight is 327 g/mol. The molecule has 0 saturated carbocycles. The lowest BCUT2D eigenvalue weighted by molar-refractivity contribution is -0.907. The van der Waals surface area contributed by atoms with Crippen molar-refractivity contribution < 1.29 is 19.2 Å². The Bertz CT molecular complexity index is 728. The van der Waals surface area contributed by atoms with Crippen molar-refractivity contribution in [1.29, 1.82) is 0 Å². The fourth-order valence-corrected chi connectivity index (χ4v) is 2.63. The summed E-state index contributed by atoms with van der Waals surface area (Å²) in [6.45, 7) is 5.04. The van der Waals surface area contributed by atoms with Gasteiger partial charge in [0.25, 0.3) is 5.91 Å². The third-order valence-electron chi connectivity index (χ3n) is 4.38. The Morgan fingerprint density at radius 1 is 1.17 bits per heavy atom. The number of aryl methyl sites for hydroxylation is 1. The summed E-state index contributed by atoms with van der Waals surface area (Å²) in [7, 11) is 2.03. The molecule has 126 valence electrons. The summed E-state index contributed by atoms with van der Waals surface area (Å²) in [5.41, 5.74) is 3.19. The summed E-state index contributed by atoms with van der Waals surface area (Å²) in [6, 6.07) is 13.7. The van der Waals surface area contributed by atoms with Crippen LogP contribution in [0.1, 0.15) is 18.1 Å². The van der Waals surface area contributed by atoms with Crippen LogP contribution in [-0.4, -0.2) is 25.8 Å². The second-order valence-corrected chi connectivity index (χ2v) is 6.29. The van der Waals surface area contributed by atoms with E-state index >= 15 is 0 Å². The molecule has 0 spiro atoms. The maximum absolute atomic E-state index is 12.5. The predicted molar refractivity (Wildman–Crippen MR) is 92.4 cm³/mol. The summed E-state index contributed by atoms with van der Waals surface area (Å²) in [5, 5.41) is 2.95. The van der Waals surface area contributed by atoms with Crippen molar-refractivity contribution in [2.75, 3.05) is 19.2 Å². The number of rotatable bonds is 5. The molecule has 0 radical (unpaired) electrons. The number of hydrogen-bond acceptors (Lipinski definition) is 3. The molecule has 1 heterocycles. The smallest absolute Gasteiger partial charge is 0.282 e. The molecular formula is C19H23N2O3+. The maximum atomic E-state index is 12.5. The van der Waals surface area contributed by atoms with Crippen molar-refractivity contribution in [3.63, 3.8) is 0 Å². The van der Waals surface area contributed by atoms with Crippen LogP contribution in [0.25, 0.3) is 0 Å². The Morgan fingerprint density at radius 3 is 2.62 bits per heavy atom. The molecule has 3 rings (SSSR count). The number of quaternary nitrogens is 1. The number of amides is 1. The van der Waals surface area contributed by atoms with E-state index in [4.69, 9.17) is 9.47 Å². The molecule has 0 saturated heterocycles. The Balaban J connectivity index is 1.60. The second-order valence-electron chi connectivity index (χ2n) is 6.29. The minimum Gasteiger partial charge on any atom is -0.454 e. The van der Waals surface area contributed by atoms with Gasteiger partial charge in [0, 0.05) is 17.3 Å². The van der Waals surface area contributed by atoms with Crippen LogP contribution in [0.3, 0.4) is 0 Å². The Kier molecular flexibility index (Phi) is 4.71. The van der Waals surface area contributed by atoms with Gasteiger partial charge >= 0.3 is 0 Å². The number of likely N-dealkylation sites (N-methyl/N-ethyl adjacent to an activating group) is 1. The fraction of sp³-hybridized carbons (Fsp3) is 0.316. The first-order chi connectivity index (χ1) is 11.5. The summed E-state index contributed by atoms with van der Waals surface area (Å²) < 4.78 is 10.6. The van der Waals surface area contributed by atoms with Crippen LogP contribution < -0.4 is 19.7 Å². The van der Waals surface area contributed by atoms with Crippen LogP contribution in [0.15, 0.2) is 42.5 Å². The van der Waals surface area contributed by atoms with Crippen LogP contribution in [0.2, 0.25) is 0 Å². The number of carbonyl (C=O) groups excluding carboxylic acids is 1. The highest BCUT2D eigenvalue weighted by molar-refractivity contribution is 5.93. The highest BCUT2D eigenvalue weighted by Crippen LogP contribution is 2.34. The Hall–Kier alpha value is -2.53. The van der Waals surface area contributed by atoms with Gasteiger partial charge in [-0.3, -0.25) is 4.79 Å². The van der Waals surface area contributed by atoms with Crippen molar-refractivity contribution in [3.05, 3.63) is 53.6 Å². The van der Waals surface area contributed by atoms with E-state index in [1.807, 2.05) is 26.1 Å². The zero-order chi connectivity index (χ0) is 17.1. The molecule has 0 aromatic heterocycles. The van der Waals surface area contributed by atoms with Gasteiger partial charge in [0.2, 0.25) is 6.79 Å². The average Bonchev–Trinajstić information content (AvgIpc) is 3.03. The number of benzene rings is 2. The standard InChI is InChI=1S/C19H22N2O3/c1-13-4-6-15(7-5-13)11-21(3)14(2)19(22)20-16-8-9-17-18(10-16)24-12-23-17/h4-10,14H,11-12H2,1-3H3,(H,20,22)/p+1/t14-/m0/s1. The quantitative estimate of drug-likeness (QED) is 0.880. The van der Waals surface area contributed by atoms with Crippen LogP contribution in [-0.2, 0) is 11.3 Å². The van der Waals surface area contributed by atoms with Crippen molar-refractivity contribution in [1.82, 2.24) is 0 Å². The van der Waals surface area contributed by atoms with Gasteiger partial charge in [0.15, 0.2) is 17.5 Å². The minimum absolute atomic E-state index is 0.0153. The first-order valence-corrected chi connectivity index (χ1v) is 8.11. The topological polar surface area (TPSA) is 52.0 Å². The van der Waals surface area contributed by atoms with Gasteiger partial charge in [-0.15, -0.1) is 0 Å². The molecule has 0 aliphatic carbocycles. The van der Waals surface area contributed by atoms with E-state index in [0.717, 1.165) is 17.1 Å². The predicted octanol–water partition coefficient (Wildman–Crippen LogP) is 1.77. The lowest BCUT2D eigenvalue weighted by Crippen LogP contribution is -3.12. The Labute approximate surface area is 142 Å². The Morgan fingerprint density at radius 2 is 1.88 bits per heavy atom. The zero-order valence-electron chi connectivity index (χ0n) is 14.3. The van der Waals surface area contributed by atoms with Gasteiger partial charge in [0.05, 0.1) is 7.05 Å². The monoisotopic (exact) mass is 327 g/mol. The van der Waals surface area contributed by atoms with E-state index in [-0.39, 0.29) is 18.7 Å². The molecule has 2 aromatic rings. The van der Waals surface area contributed by atoms with Gasteiger partial charge in [-0.1, -0.05) is 29.8 Å². The first-order valence-electron chi connectivity index (χ1n) is 8.11. The molecular weight excluding hydrogens is 304 g/mol. The number of carbonyl (C=O) groups is 1. The van der Waals surface area contributed by atoms with E-state index in [2.05, 4.69) is 36.5 Å². The summed E-state index contributed by atoms with van der Waals surface area (Å²) in [4.78, 5) is 13.6. The second kappa shape index (κ2) is 6.93. The highest BCUT2D eigenvalue weighted by Gasteiger charge is 2.23. The molecule has 1 amide bonds. The van der Waals surface area contributed by atoms with Gasteiger partial charge in [-0.05, 0) is 26.0 Å². The lowest BCUT2D eigenvalue weighted by Gasteiger charge is -2.21. The molecule has 24 heavy (non-hydrogen) atoms. The largest absolute Gasteiger partial charge is 0.454 e. The SMILES string of the molecule is Cc1ccc(C[NH+](C)[C@@H](C)C(=O)Nc2ccc3c(c2)OCO3)cc1. The summed E-state index contributed by atoms with van der Waals surface area (Å²) in [6.07, 6.45) is 0. The van der Waals surface area contributed by atoms with Crippen molar-refractivity contribution >= 4 is 11.6 Å². The molecule has 1 aliphatic heterocycles. The fourth-order valence-electron chi connectivity index (χ4n) is 2.63. The third kappa shape index (κ3) is 3.68. The van der Waals surface area contributed by atoms with Crippen molar-refractivity contribution in [2.24, 2.45) is 0 Å². The van der Waals surface area contributed by atoms with Gasteiger partial charge in [-0.2, -0.15) is 0 Å². The molecule has 5 nitrogen and oxygen atoms in total. The van der Waals surface area contributed by atoms with Crippen LogP contribution in [0.4, 0.5) is 5.69 Å². The van der Waals surface area contributed by atoms with Gasteiger partial charge in [-0.25, -0.2) is 0 Å². The van der Waals surface area contributed by atoms with E-state index in [1.165, 1.54) is 11.1 Å². The molecule has 5 heteroatoms. The van der Waals surface area contributed by atoms with Crippen molar-refractivity contribution in [3.8, 4) is 11.5 Å². The molecule has 0 fully saturated rings. The molecule has 2 N–H and O–H groups in total. The van der Waals surface area contributed by atoms with Gasteiger partial charge < -0.3 is 19.7 Å². The van der Waals surface area contributed by atoms with Crippen LogP contribution >= 0.6 is 0 Å². The minimum atomic E-state index is -0.170. The van der Waals surface area contributed by atoms with E-state index in [9.17, 15) is 4.79 Å². The van der Waals surface area contributed by atoms with E-state index in [1.54, 1.807) is 6.07 Å². The summed E-state index contributed by atoms with van der Waals surface area (Å²) in [5.74, 6) is 1.36. The molecule has 0 bridgehead atoms. The highest BCUT2D eigenvalue weighted by atomic mass is 16.7. The molecule has 2 aromatic carbocycles. The molecule has 1 aliphatic rings. The third-order valence-corrected chi connectivity index (χ3v) is 4.38. The number of hydrogen-bond donors (Lipinski definition) is 2.